The third-order valence-electron chi connectivity index (χ3n) is 5.56. The summed E-state index contributed by atoms with van der Waals surface area (Å²) in [5.41, 5.74) is 1.81. The Morgan fingerprint density at radius 2 is 1.32 bits per heavy atom. The van der Waals surface area contributed by atoms with Gasteiger partial charge in [-0.2, -0.15) is 0 Å². The molecule has 1 aliphatic rings. The second-order valence-corrected chi connectivity index (χ2v) is 7.70. The fourth-order valence-electron chi connectivity index (χ4n) is 3.84. The maximum absolute atomic E-state index is 12.7. The molecule has 0 fully saturated rings. The zero-order valence-electron chi connectivity index (χ0n) is 17.7. The molecule has 4 rings (SSSR count). The Morgan fingerprint density at radius 1 is 0.794 bits per heavy atom. The van der Waals surface area contributed by atoms with Gasteiger partial charge in [0.15, 0.2) is 0 Å². The minimum atomic E-state index is -0.677. The Hall–Kier alpha value is -4.60. The molecule has 0 N–H and O–H groups in total. The Kier molecular flexibility index (Phi) is 6.30. The number of rotatable bonds is 7. The van der Waals surface area contributed by atoms with Crippen LogP contribution >= 0.6 is 0 Å². The minimum Gasteiger partial charge on any atom is -0.462 e. The zero-order valence-corrected chi connectivity index (χ0v) is 17.7. The Bertz CT molecular complexity index is 1250. The lowest BCUT2D eigenvalue weighted by Crippen LogP contribution is -2.22. The number of benzene rings is 3. The maximum Gasteiger partial charge on any atom is 0.338 e. The van der Waals surface area contributed by atoms with E-state index in [9.17, 15) is 29.8 Å². The van der Waals surface area contributed by atoms with Crippen LogP contribution < -0.4 is 0 Å². The van der Waals surface area contributed by atoms with Crippen LogP contribution in [0.4, 0.5) is 11.4 Å². The number of nitro groups is 2. The molecular weight excluding hydrogens is 444 g/mol. The van der Waals surface area contributed by atoms with Crippen molar-refractivity contribution in [1.29, 1.82) is 0 Å². The third-order valence-corrected chi connectivity index (χ3v) is 5.56. The molecule has 0 heterocycles. The molecule has 0 spiro atoms. The van der Waals surface area contributed by atoms with Gasteiger partial charge in [0.05, 0.1) is 27.6 Å². The van der Waals surface area contributed by atoms with Crippen LogP contribution in [0.5, 0.6) is 0 Å². The average Bonchev–Trinajstić information content (AvgIpc) is 3.19. The molecule has 0 saturated heterocycles. The summed E-state index contributed by atoms with van der Waals surface area (Å²) in [6.45, 7) is -0.0390. The second kappa shape index (κ2) is 9.49. The largest absolute Gasteiger partial charge is 0.462 e. The van der Waals surface area contributed by atoms with E-state index in [1.165, 1.54) is 48.5 Å². The van der Waals surface area contributed by atoms with Gasteiger partial charge in [0, 0.05) is 30.2 Å². The van der Waals surface area contributed by atoms with Gasteiger partial charge in [-0.15, -0.1) is 0 Å². The molecule has 172 valence electrons. The van der Waals surface area contributed by atoms with Gasteiger partial charge in [-0.25, -0.2) is 9.59 Å². The molecule has 34 heavy (non-hydrogen) atoms. The predicted molar refractivity (Wildman–Crippen MR) is 118 cm³/mol. The summed E-state index contributed by atoms with van der Waals surface area (Å²) in [5, 5.41) is 21.6. The topological polar surface area (TPSA) is 139 Å². The lowest BCUT2D eigenvalue weighted by atomic mass is 10.0. The molecule has 0 unspecified atom stereocenters. The minimum absolute atomic E-state index is 0.0390. The van der Waals surface area contributed by atoms with Crippen molar-refractivity contribution < 1.29 is 28.9 Å². The molecule has 10 heteroatoms. The van der Waals surface area contributed by atoms with Crippen LogP contribution in [-0.4, -0.2) is 28.4 Å². The summed E-state index contributed by atoms with van der Waals surface area (Å²) < 4.78 is 11.2. The van der Waals surface area contributed by atoms with Crippen molar-refractivity contribution in [1.82, 2.24) is 0 Å². The number of hydrogen-bond acceptors (Lipinski definition) is 8. The van der Waals surface area contributed by atoms with E-state index in [-0.39, 0.29) is 35.0 Å². The average molecular weight is 462 g/mol. The van der Waals surface area contributed by atoms with E-state index in [4.69, 9.17) is 9.47 Å². The highest BCUT2D eigenvalue weighted by molar-refractivity contribution is 5.90. The summed E-state index contributed by atoms with van der Waals surface area (Å²) in [4.78, 5) is 45.7. The molecular formula is C24H18N2O8. The van der Waals surface area contributed by atoms with E-state index < -0.39 is 27.9 Å². The highest BCUT2D eigenvalue weighted by Crippen LogP contribution is 2.39. The lowest BCUT2D eigenvalue weighted by Gasteiger charge is -2.21. The highest BCUT2D eigenvalue weighted by atomic mass is 16.6. The second-order valence-electron chi connectivity index (χ2n) is 7.70. The number of nitro benzene ring substituents is 2. The smallest absolute Gasteiger partial charge is 0.338 e. The quantitative estimate of drug-likeness (QED) is 0.285. The molecule has 2 atom stereocenters. The monoisotopic (exact) mass is 462 g/mol. The van der Waals surface area contributed by atoms with Crippen molar-refractivity contribution in [2.24, 2.45) is 5.92 Å². The number of esters is 2. The molecule has 0 saturated carbocycles. The summed E-state index contributed by atoms with van der Waals surface area (Å²) in [7, 11) is 0. The van der Waals surface area contributed by atoms with Gasteiger partial charge in [-0.1, -0.05) is 24.3 Å². The van der Waals surface area contributed by atoms with E-state index in [2.05, 4.69) is 0 Å². The first-order chi connectivity index (χ1) is 16.3. The molecule has 0 radical (unpaired) electrons. The summed E-state index contributed by atoms with van der Waals surface area (Å²) in [5.74, 6) is -1.64. The number of fused-ring (bicyclic) bond motifs is 1. The maximum atomic E-state index is 12.7. The molecule has 0 aliphatic heterocycles. The van der Waals surface area contributed by atoms with Crippen molar-refractivity contribution in [3.8, 4) is 0 Å². The van der Waals surface area contributed by atoms with E-state index >= 15 is 0 Å². The number of non-ortho nitro benzene ring substituents is 2. The molecule has 10 nitrogen and oxygen atoms in total. The van der Waals surface area contributed by atoms with Gasteiger partial charge in [-0.3, -0.25) is 20.2 Å². The molecule has 3 aromatic rings. The van der Waals surface area contributed by atoms with Gasteiger partial charge >= 0.3 is 11.9 Å². The molecule has 0 aromatic heterocycles. The van der Waals surface area contributed by atoms with Crippen molar-refractivity contribution in [3.05, 3.63) is 115 Å². The van der Waals surface area contributed by atoms with Gasteiger partial charge in [-0.05, 0) is 41.8 Å². The Labute approximate surface area is 193 Å². The van der Waals surface area contributed by atoms with Gasteiger partial charge < -0.3 is 9.47 Å². The van der Waals surface area contributed by atoms with E-state index in [0.29, 0.717) is 6.42 Å². The van der Waals surface area contributed by atoms with E-state index in [1.54, 1.807) is 0 Å². The molecule has 0 bridgehead atoms. The van der Waals surface area contributed by atoms with Crippen LogP contribution in [-0.2, 0) is 15.9 Å². The summed E-state index contributed by atoms with van der Waals surface area (Å²) in [6, 6.07) is 17.6. The number of hydrogen-bond donors (Lipinski definition) is 0. The van der Waals surface area contributed by atoms with E-state index in [1.807, 2.05) is 24.3 Å². The third kappa shape index (κ3) is 4.75. The van der Waals surface area contributed by atoms with Crippen molar-refractivity contribution in [3.63, 3.8) is 0 Å². The molecule has 0 amide bonds. The highest BCUT2D eigenvalue weighted by Gasteiger charge is 2.36. The zero-order chi connectivity index (χ0) is 24.2. The number of carbonyl (C=O) groups is 2. The fourth-order valence-corrected chi connectivity index (χ4v) is 3.84. The van der Waals surface area contributed by atoms with Crippen molar-refractivity contribution in [2.45, 2.75) is 12.5 Å². The van der Waals surface area contributed by atoms with Crippen LogP contribution in [0.1, 0.15) is 37.9 Å². The van der Waals surface area contributed by atoms with Crippen LogP contribution in [0.25, 0.3) is 0 Å². The van der Waals surface area contributed by atoms with Gasteiger partial charge in [0.2, 0.25) is 0 Å². The summed E-state index contributed by atoms with van der Waals surface area (Å²) >= 11 is 0. The standard InChI is InChI=1S/C24H18N2O8/c27-23(15-5-9-19(10-6-15)25(29)30)33-14-18-13-17-3-1-2-4-21(17)22(18)34-24(28)16-7-11-20(12-8-16)26(31)32/h1-12,18,22H,13-14H2/t18-,22-/m1/s1. The first-order valence-electron chi connectivity index (χ1n) is 10.3. The SMILES string of the molecule is O=C(OC[C@H]1Cc2ccccc2[C@@H]1OC(=O)c1ccc([N+](=O)[O-])cc1)c1ccc([N+](=O)[O-])cc1. The van der Waals surface area contributed by atoms with Crippen LogP contribution in [0.2, 0.25) is 0 Å². The summed E-state index contributed by atoms with van der Waals surface area (Å²) in [6.07, 6.45) is -0.161. The number of nitrogens with zero attached hydrogens (tertiary/aromatic N) is 2. The first-order valence-corrected chi connectivity index (χ1v) is 10.3. The van der Waals surface area contributed by atoms with E-state index in [0.717, 1.165) is 11.1 Å². The Balaban J connectivity index is 1.47. The van der Waals surface area contributed by atoms with Gasteiger partial charge in [0.25, 0.3) is 11.4 Å². The van der Waals surface area contributed by atoms with Crippen molar-refractivity contribution in [2.75, 3.05) is 6.61 Å². The normalized spacial score (nSPS) is 16.4. The fraction of sp³-hybridized carbons (Fsp3) is 0.167. The van der Waals surface area contributed by atoms with Crippen molar-refractivity contribution >= 4 is 23.3 Å². The van der Waals surface area contributed by atoms with Gasteiger partial charge in [0.1, 0.15) is 6.10 Å². The van der Waals surface area contributed by atoms with Crippen LogP contribution in [0.3, 0.4) is 0 Å². The predicted octanol–water partition coefficient (Wildman–Crippen LogP) is 4.43. The van der Waals surface area contributed by atoms with Crippen LogP contribution in [0.15, 0.2) is 72.8 Å². The lowest BCUT2D eigenvalue weighted by molar-refractivity contribution is -0.385. The first kappa shape index (κ1) is 22.6. The van der Waals surface area contributed by atoms with Crippen LogP contribution in [0, 0.1) is 26.1 Å². The molecule has 3 aromatic carbocycles. The molecule has 1 aliphatic carbocycles. The number of ether oxygens (including phenoxy) is 2. The Morgan fingerprint density at radius 3 is 1.88 bits per heavy atom. The number of carbonyl (C=O) groups excluding carboxylic acids is 2.